The highest BCUT2D eigenvalue weighted by Gasteiger charge is 2.50. The molecule has 6 heteroatoms. The molecule has 2 atom stereocenters. The monoisotopic (exact) mass is 273 g/mol. The second-order valence-electron chi connectivity index (χ2n) is 5.64. The van der Waals surface area contributed by atoms with Crippen molar-refractivity contribution in [2.24, 2.45) is 11.7 Å². The Morgan fingerprint density at radius 1 is 1.37 bits per heavy atom. The Bertz CT molecular complexity index is 296. The number of hydrogen-bond acceptors (Lipinski definition) is 5. The van der Waals surface area contributed by atoms with Gasteiger partial charge < -0.3 is 25.4 Å². The smallest absolute Gasteiger partial charge is 0.219 e. The fourth-order valence-electron chi connectivity index (χ4n) is 2.51. The van der Waals surface area contributed by atoms with Gasteiger partial charge in [0, 0.05) is 32.5 Å². The maximum Gasteiger partial charge on any atom is 0.219 e. The number of nitrogens with zero attached hydrogens (tertiary/aromatic N) is 2. The molecule has 0 bridgehead atoms. The lowest BCUT2D eigenvalue weighted by Crippen LogP contribution is -2.40. The molecule has 0 spiro atoms. The van der Waals surface area contributed by atoms with E-state index in [1.54, 1.807) is 11.8 Å². The van der Waals surface area contributed by atoms with Gasteiger partial charge in [-0.25, -0.2) is 0 Å². The highest BCUT2D eigenvalue weighted by atomic mass is 16.3. The molecule has 0 radical (unpaired) electrons. The zero-order chi connectivity index (χ0) is 15.2. The van der Waals surface area contributed by atoms with E-state index in [9.17, 15) is 9.90 Å². The highest BCUT2D eigenvalue weighted by molar-refractivity contribution is 5.73. The molecule has 2 rings (SSSR count). The predicted octanol–water partition coefficient (Wildman–Crippen LogP) is -0.690. The first kappa shape index (κ1) is 18.0. The molecule has 6 nitrogen and oxygen atoms in total. The molecule has 2 heterocycles. The first-order valence-electron chi connectivity index (χ1n) is 6.45. The van der Waals surface area contributed by atoms with Crippen molar-refractivity contribution in [1.82, 2.24) is 9.80 Å². The van der Waals surface area contributed by atoms with Gasteiger partial charge in [0.25, 0.3) is 0 Å². The molecule has 0 aromatic rings. The lowest BCUT2D eigenvalue weighted by Gasteiger charge is -2.21. The van der Waals surface area contributed by atoms with Crippen molar-refractivity contribution in [2.45, 2.75) is 32.4 Å². The zero-order valence-corrected chi connectivity index (χ0v) is 12.4. The molecule has 2 aliphatic rings. The Morgan fingerprint density at radius 2 is 1.84 bits per heavy atom. The summed E-state index contributed by atoms with van der Waals surface area (Å²) in [6, 6.07) is 0.333. The van der Waals surface area contributed by atoms with E-state index in [2.05, 4.69) is 4.90 Å². The molecule has 2 aliphatic heterocycles. The van der Waals surface area contributed by atoms with Crippen LogP contribution in [0.15, 0.2) is 0 Å². The fraction of sp³-hybridized carbons (Fsp3) is 0.846. The van der Waals surface area contributed by atoms with E-state index in [0.29, 0.717) is 19.1 Å². The Balaban J connectivity index is 0.000000467. The summed E-state index contributed by atoms with van der Waals surface area (Å²) in [5, 5.41) is 10.2. The quantitative estimate of drug-likeness (QED) is 0.610. The van der Waals surface area contributed by atoms with Gasteiger partial charge >= 0.3 is 0 Å². The number of likely N-dealkylation sites (tertiary alicyclic amines) is 2. The number of hydrogen-bond donors (Lipinski definition) is 2. The van der Waals surface area contributed by atoms with Gasteiger partial charge in [-0.2, -0.15) is 0 Å². The van der Waals surface area contributed by atoms with Crippen LogP contribution in [0.5, 0.6) is 0 Å². The standard InChI is InChI=1S/C9H16N2O2.C3H9N.CH2O/c1-7(12)11-4-8-3-10(2)5-9(8,13)6-11;1-3(2)4;1-2/h8,13H,3-6H2,1-2H3;3H,4H2,1-2H3;1H2. The number of carbonyl (C=O) groups excluding carboxylic acids is 2. The second-order valence-corrected chi connectivity index (χ2v) is 5.64. The summed E-state index contributed by atoms with van der Waals surface area (Å²) in [5.41, 5.74) is 4.47. The first-order chi connectivity index (χ1) is 8.74. The van der Waals surface area contributed by atoms with E-state index in [1.165, 1.54) is 0 Å². The van der Waals surface area contributed by atoms with Crippen LogP contribution in [0.4, 0.5) is 0 Å². The minimum atomic E-state index is -0.638. The molecule has 3 N–H and O–H groups in total. The molecule has 1 amide bonds. The molecule has 0 aromatic carbocycles. The Kier molecular flexibility index (Phi) is 7.18. The zero-order valence-electron chi connectivity index (χ0n) is 12.4. The number of β-amino-alcohol motifs (C(OH)–C–C–N with tert-alkyl or cyclic N) is 1. The maximum absolute atomic E-state index is 11.1. The third-order valence-corrected chi connectivity index (χ3v) is 3.19. The highest BCUT2D eigenvalue weighted by Crippen LogP contribution is 2.33. The number of fused-ring (bicyclic) bond motifs is 1. The van der Waals surface area contributed by atoms with Crippen molar-refractivity contribution in [3.63, 3.8) is 0 Å². The van der Waals surface area contributed by atoms with Gasteiger partial charge in [0.05, 0.1) is 6.54 Å². The van der Waals surface area contributed by atoms with E-state index in [-0.39, 0.29) is 11.8 Å². The minimum absolute atomic E-state index is 0.0745. The van der Waals surface area contributed by atoms with E-state index in [0.717, 1.165) is 13.1 Å². The number of carbonyl (C=O) groups is 2. The first-order valence-corrected chi connectivity index (χ1v) is 6.45. The van der Waals surface area contributed by atoms with Crippen LogP contribution in [-0.2, 0) is 9.59 Å². The number of nitrogens with two attached hydrogens (primary N) is 1. The van der Waals surface area contributed by atoms with Gasteiger partial charge in [-0.15, -0.1) is 0 Å². The normalized spacial score (nSPS) is 29.2. The van der Waals surface area contributed by atoms with Crippen molar-refractivity contribution in [3.8, 4) is 0 Å². The second kappa shape index (κ2) is 7.57. The average Bonchev–Trinajstić information content (AvgIpc) is 2.70. The molecule has 2 unspecified atom stereocenters. The summed E-state index contributed by atoms with van der Waals surface area (Å²) in [7, 11) is 2.01. The largest absolute Gasteiger partial charge is 0.386 e. The van der Waals surface area contributed by atoms with E-state index in [1.807, 2.05) is 27.7 Å². The number of amides is 1. The van der Waals surface area contributed by atoms with Crippen LogP contribution in [0.25, 0.3) is 0 Å². The number of rotatable bonds is 0. The molecular formula is C13H27N3O3. The van der Waals surface area contributed by atoms with Crippen molar-refractivity contribution in [3.05, 3.63) is 0 Å². The Labute approximate surface area is 115 Å². The number of aliphatic hydroxyl groups is 1. The van der Waals surface area contributed by atoms with Gasteiger partial charge in [0.1, 0.15) is 12.4 Å². The van der Waals surface area contributed by atoms with Crippen molar-refractivity contribution in [2.75, 3.05) is 33.2 Å². The van der Waals surface area contributed by atoms with Crippen molar-refractivity contribution < 1.29 is 14.7 Å². The summed E-state index contributed by atoms with van der Waals surface area (Å²) in [4.78, 5) is 23.0. The van der Waals surface area contributed by atoms with Crippen LogP contribution in [-0.4, -0.2) is 72.5 Å². The molecule has 2 fully saturated rings. The van der Waals surface area contributed by atoms with Gasteiger partial charge in [-0.05, 0) is 13.1 Å². The van der Waals surface area contributed by atoms with Crippen molar-refractivity contribution >= 4 is 12.7 Å². The maximum atomic E-state index is 11.1. The number of likely N-dealkylation sites (N-methyl/N-ethyl adjacent to an activating group) is 1. The molecule has 112 valence electrons. The fourth-order valence-corrected chi connectivity index (χ4v) is 2.51. The van der Waals surface area contributed by atoms with Crippen LogP contribution in [0.1, 0.15) is 20.8 Å². The topological polar surface area (TPSA) is 86.9 Å². The third kappa shape index (κ3) is 5.26. The van der Waals surface area contributed by atoms with E-state index >= 15 is 0 Å². The lowest BCUT2D eigenvalue weighted by atomic mass is 9.95. The van der Waals surface area contributed by atoms with Crippen LogP contribution < -0.4 is 5.73 Å². The van der Waals surface area contributed by atoms with Crippen LogP contribution in [0.2, 0.25) is 0 Å². The molecule has 19 heavy (non-hydrogen) atoms. The molecule has 0 aliphatic carbocycles. The Hall–Kier alpha value is -0.980. The summed E-state index contributed by atoms with van der Waals surface area (Å²) >= 11 is 0. The van der Waals surface area contributed by atoms with Gasteiger partial charge in [0.15, 0.2) is 0 Å². The average molecular weight is 273 g/mol. The van der Waals surface area contributed by atoms with Crippen LogP contribution in [0.3, 0.4) is 0 Å². The van der Waals surface area contributed by atoms with E-state index < -0.39 is 5.60 Å². The summed E-state index contributed by atoms with van der Waals surface area (Å²) in [6.07, 6.45) is 0. The third-order valence-electron chi connectivity index (χ3n) is 3.19. The SMILES string of the molecule is C=O.CC(=O)N1CC2CN(C)CC2(O)C1.CC(C)N. The van der Waals surface area contributed by atoms with Crippen LogP contribution >= 0.6 is 0 Å². The lowest BCUT2D eigenvalue weighted by molar-refractivity contribution is -0.128. The summed E-state index contributed by atoms with van der Waals surface area (Å²) in [5.74, 6) is 0.326. The molecule has 0 saturated carbocycles. The van der Waals surface area contributed by atoms with Crippen molar-refractivity contribution in [1.29, 1.82) is 0 Å². The predicted molar refractivity (Wildman–Crippen MR) is 74.6 cm³/mol. The van der Waals surface area contributed by atoms with Gasteiger partial charge in [-0.1, -0.05) is 13.8 Å². The van der Waals surface area contributed by atoms with Gasteiger partial charge in [0.2, 0.25) is 5.91 Å². The molecular weight excluding hydrogens is 246 g/mol. The van der Waals surface area contributed by atoms with E-state index in [4.69, 9.17) is 10.5 Å². The van der Waals surface area contributed by atoms with Crippen LogP contribution in [0, 0.1) is 5.92 Å². The summed E-state index contributed by atoms with van der Waals surface area (Å²) < 4.78 is 0. The Morgan fingerprint density at radius 3 is 2.21 bits per heavy atom. The van der Waals surface area contributed by atoms with Gasteiger partial charge in [-0.3, -0.25) is 4.79 Å². The summed E-state index contributed by atoms with van der Waals surface area (Å²) in [6.45, 7) is 10.3. The minimum Gasteiger partial charge on any atom is -0.386 e. The molecule has 0 aromatic heterocycles. The molecule has 2 saturated heterocycles.